The largest absolute Gasteiger partial charge is 0.484 e. The number of fused-ring (bicyclic) bond motifs is 1. The highest BCUT2D eigenvalue weighted by Crippen LogP contribution is 2.20. The summed E-state index contributed by atoms with van der Waals surface area (Å²) in [6.45, 7) is 3.84. The lowest BCUT2D eigenvalue weighted by molar-refractivity contribution is -0.123. The molecule has 1 amide bonds. The van der Waals surface area contributed by atoms with E-state index in [1.807, 2.05) is 56.3 Å². The van der Waals surface area contributed by atoms with Crippen LogP contribution in [0.3, 0.4) is 0 Å². The van der Waals surface area contributed by atoms with E-state index in [9.17, 15) is 13.2 Å². The molecule has 0 aromatic heterocycles. The highest BCUT2D eigenvalue weighted by atomic mass is 32.2. The smallest absolute Gasteiger partial charge is 0.258 e. The van der Waals surface area contributed by atoms with Gasteiger partial charge in [-0.15, -0.1) is 0 Å². The van der Waals surface area contributed by atoms with E-state index < -0.39 is 10.0 Å². The molecule has 3 rings (SSSR count). The average Bonchev–Trinajstić information content (AvgIpc) is 2.75. The van der Waals surface area contributed by atoms with E-state index in [1.165, 1.54) is 4.31 Å². The van der Waals surface area contributed by atoms with Gasteiger partial charge in [-0.2, -0.15) is 4.31 Å². The molecule has 3 aromatic carbocycles. The van der Waals surface area contributed by atoms with Crippen molar-refractivity contribution in [1.29, 1.82) is 0 Å². The van der Waals surface area contributed by atoms with Crippen LogP contribution >= 0.6 is 0 Å². The third-order valence-corrected chi connectivity index (χ3v) is 6.96. The molecule has 7 heteroatoms. The van der Waals surface area contributed by atoms with Crippen molar-refractivity contribution in [2.75, 3.05) is 13.7 Å². The van der Waals surface area contributed by atoms with Crippen molar-refractivity contribution in [2.45, 2.75) is 31.3 Å². The minimum Gasteiger partial charge on any atom is -0.484 e. The van der Waals surface area contributed by atoms with Gasteiger partial charge in [0.15, 0.2) is 6.61 Å². The van der Waals surface area contributed by atoms with Crippen LogP contribution in [0.1, 0.15) is 19.4 Å². The predicted molar refractivity (Wildman–Crippen MR) is 118 cm³/mol. The minimum atomic E-state index is -3.52. The van der Waals surface area contributed by atoms with Crippen molar-refractivity contribution >= 4 is 26.7 Å². The van der Waals surface area contributed by atoms with Crippen LogP contribution in [0.15, 0.2) is 71.6 Å². The second kappa shape index (κ2) is 9.28. The summed E-state index contributed by atoms with van der Waals surface area (Å²) < 4.78 is 31.9. The SMILES string of the molecule is CC(C)N(C)S(=O)(=O)c1ccc(CNC(=O)COc2ccc3ccccc3c2)cc1. The maximum absolute atomic E-state index is 12.5. The fraction of sp³-hybridized carbons (Fsp3) is 0.261. The number of carbonyl (C=O) groups excluding carboxylic acids is 1. The maximum atomic E-state index is 12.5. The molecular weight excluding hydrogens is 400 g/mol. The summed E-state index contributed by atoms with van der Waals surface area (Å²) in [5.41, 5.74) is 0.806. The summed E-state index contributed by atoms with van der Waals surface area (Å²) in [4.78, 5) is 12.3. The molecule has 0 fully saturated rings. The molecule has 0 aliphatic carbocycles. The maximum Gasteiger partial charge on any atom is 0.258 e. The molecule has 0 atom stereocenters. The molecule has 0 heterocycles. The van der Waals surface area contributed by atoms with Gasteiger partial charge in [0.2, 0.25) is 10.0 Å². The molecule has 0 aliphatic heterocycles. The van der Waals surface area contributed by atoms with Crippen LogP contribution < -0.4 is 10.1 Å². The first-order chi connectivity index (χ1) is 14.3. The topological polar surface area (TPSA) is 75.7 Å². The lowest BCUT2D eigenvalue weighted by atomic mass is 10.1. The van der Waals surface area contributed by atoms with Crippen LogP contribution in [0.4, 0.5) is 0 Å². The number of amides is 1. The van der Waals surface area contributed by atoms with Gasteiger partial charge in [0.05, 0.1) is 4.90 Å². The molecule has 0 radical (unpaired) electrons. The van der Waals surface area contributed by atoms with Gasteiger partial charge in [0.25, 0.3) is 5.91 Å². The Labute approximate surface area is 177 Å². The summed E-state index contributed by atoms with van der Waals surface area (Å²) in [6.07, 6.45) is 0. The van der Waals surface area contributed by atoms with Crippen molar-refractivity contribution in [3.05, 3.63) is 72.3 Å². The summed E-state index contributed by atoms with van der Waals surface area (Å²) in [5.74, 6) is 0.382. The van der Waals surface area contributed by atoms with Gasteiger partial charge in [-0.05, 0) is 54.4 Å². The van der Waals surface area contributed by atoms with Crippen LogP contribution in [0.2, 0.25) is 0 Å². The summed E-state index contributed by atoms with van der Waals surface area (Å²) in [6, 6.07) is 20.0. The Morgan fingerprint density at radius 2 is 1.67 bits per heavy atom. The Hall–Kier alpha value is -2.90. The molecule has 158 valence electrons. The van der Waals surface area contributed by atoms with Gasteiger partial charge >= 0.3 is 0 Å². The predicted octanol–water partition coefficient (Wildman–Crippen LogP) is 3.56. The normalized spacial score (nSPS) is 11.8. The van der Waals surface area contributed by atoms with Crippen molar-refractivity contribution in [2.24, 2.45) is 0 Å². The van der Waals surface area contributed by atoms with E-state index in [0.29, 0.717) is 12.3 Å². The van der Waals surface area contributed by atoms with Gasteiger partial charge in [0.1, 0.15) is 5.75 Å². The number of carbonyl (C=O) groups is 1. The highest BCUT2D eigenvalue weighted by molar-refractivity contribution is 7.89. The second-order valence-corrected chi connectivity index (χ2v) is 9.33. The van der Waals surface area contributed by atoms with Gasteiger partial charge in [-0.3, -0.25) is 4.79 Å². The number of ether oxygens (including phenoxy) is 1. The molecular formula is C23H26N2O4S. The Bertz CT molecular complexity index is 1130. The first-order valence-electron chi connectivity index (χ1n) is 9.72. The summed E-state index contributed by atoms with van der Waals surface area (Å²) in [5, 5.41) is 4.94. The minimum absolute atomic E-state index is 0.0933. The van der Waals surface area contributed by atoms with Crippen LogP contribution in [-0.4, -0.2) is 38.3 Å². The number of hydrogen-bond donors (Lipinski definition) is 1. The Morgan fingerprint density at radius 1 is 1.00 bits per heavy atom. The van der Waals surface area contributed by atoms with Gasteiger partial charge < -0.3 is 10.1 Å². The van der Waals surface area contributed by atoms with Crippen molar-refractivity contribution in [3.8, 4) is 5.75 Å². The van der Waals surface area contributed by atoms with Crippen LogP contribution in [0, 0.1) is 0 Å². The van der Waals surface area contributed by atoms with Gasteiger partial charge in [-0.25, -0.2) is 8.42 Å². The zero-order valence-corrected chi connectivity index (χ0v) is 18.1. The van der Waals surface area contributed by atoms with Crippen molar-refractivity contribution < 1.29 is 17.9 Å². The first kappa shape index (κ1) is 21.8. The number of benzene rings is 3. The molecule has 0 spiro atoms. The van der Waals surface area contributed by atoms with E-state index in [2.05, 4.69) is 5.32 Å². The van der Waals surface area contributed by atoms with E-state index in [0.717, 1.165) is 16.3 Å². The van der Waals surface area contributed by atoms with E-state index in [1.54, 1.807) is 31.3 Å². The zero-order valence-electron chi connectivity index (χ0n) is 17.3. The lowest BCUT2D eigenvalue weighted by Gasteiger charge is -2.21. The zero-order chi connectivity index (χ0) is 21.7. The van der Waals surface area contributed by atoms with Gasteiger partial charge in [0, 0.05) is 19.6 Å². The van der Waals surface area contributed by atoms with Gasteiger partial charge in [-0.1, -0.05) is 42.5 Å². The quantitative estimate of drug-likeness (QED) is 0.598. The molecule has 0 bridgehead atoms. The van der Waals surface area contributed by atoms with E-state index in [4.69, 9.17) is 4.74 Å². The second-order valence-electron chi connectivity index (χ2n) is 7.33. The molecule has 6 nitrogen and oxygen atoms in total. The summed E-state index contributed by atoms with van der Waals surface area (Å²) >= 11 is 0. The number of sulfonamides is 1. The average molecular weight is 427 g/mol. The number of nitrogens with zero attached hydrogens (tertiary/aromatic N) is 1. The van der Waals surface area contributed by atoms with E-state index >= 15 is 0 Å². The molecule has 1 N–H and O–H groups in total. The van der Waals surface area contributed by atoms with Crippen LogP contribution in [0.25, 0.3) is 10.8 Å². The fourth-order valence-electron chi connectivity index (χ4n) is 2.88. The Balaban J connectivity index is 1.53. The van der Waals surface area contributed by atoms with Crippen LogP contribution in [0.5, 0.6) is 5.75 Å². The number of hydrogen-bond acceptors (Lipinski definition) is 4. The molecule has 0 unspecified atom stereocenters. The standard InChI is InChI=1S/C23H26N2O4S/c1-17(2)25(3)30(27,28)22-12-8-18(9-13-22)15-24-23(26)16-29-21-11-10-19-6-4-5-7-20(19)14-21/h4-14,17H,15-16H2,1-3H3,(H,24,26). The van der Waals surface area contributed by atoms with Crippen LogP contribution in [-0.2, 0) is 21.4 Å². The Kier molecular flexibility index (Phi) is 6.74. The molecule has 0 saturated heterocycles. The molecule has 3 aromatic rings. The molecule has 0 saturated carbocycles. The van der Waals surface area contributed by atoms with Crippen molar-refractivity contribution in [3.63, 3.8) is 0 Å². The third-order valence-electron chi connectivity index (χ3n) is 4.91. The van der Waals surface area contributed by atoms with Crippen molar-refractivity contribution in [1.82, 2.24) is 9.62 Å². The molecule has 0 aliphatic rings. The molecule has 30 heavy (non-hydrogen) atoms. The number of nitrogens with one attached hydrogen (secondary N) is 1. The Morgan fingerprint density at radius 3 is 2.33 bits per heavy atom. The monoisotopic (exact) mass is 426 g/mol. The van der Waals surface area contributed by atoms with E-state index in [-0.39, 0.29) is 23.5 Å². The fourth-order valence-corrected chi connectivity index (χ4v) is 4.25. The highest BCUT2D eigenvalue weighted by Gasteiger charge is 2.22. The lowest BCUT2D eigenvalue weighted by Crippen LogP contribution is -2.33. The third kappa shape index (κ3) is 5.17. The number of rotatable bonds is 8. The summed E-state index contributed by atoms with van der Waals surface area (Å²) in [7, 11) is -1.96. The first-order valence-corrected chi connectivity index (χ1v) is 11.2.